The number of carbonyl (C=O) groups excluding carboxylic acids is 1. The maximum atomic E-state index is 12.3. The quantitative estimate of drug-likeness (QED) is 0.925. The van der Waals surface area contributed by atoms with Gasteiger partial charge in [-0.1, -0.05) is 23.2 Å². The van der Waals surface area contributed by atoms with E-state index in [9.17, 15) is 9.90 Å². The summed E-state index contributed by atoms with van der Waals surface area (Å²) < 4.78 is 0. The number of halogens is 2. The van der Waals surface area contributed by atoms with Crippen LogP contribution in [0.15, 0.2) is 18.2 Å². The van der Waals surface area contributed by atoms with Crippen molar-refractivity contribution >= 4 is 29.1 Å². The molecule has 0 unspecified atom stereocenters. The second-order valence-electron chi connectivity index (χ2n) is 4.76. The zero-order valence-corrected chi connectivity index (χ0v) is 12.2. The van der Waals surface area contributed by atoms with Crippen molar-refractivity contribution in [2.75, 3.05) is 13.1 Å². The van der Waals surface area contributed by atoms with Gasteiger partial charge in [-0.15, -0.1) is 0 Å². The minimum Gasteiger partial charge on any atom is -0.389 e. The van der Waals surface area contributed by atoms with Crippen LogP contribution in [0.5, 0.6) is 0 Å². The van der Waals surface area contributed by atoms with Gasteiger partial charge in [0.15, 0.2) is 0 Å². The van der Waals surface area contributed by atoms with E-state index in [1.165, 1.54) is 6.07 Å². The van der Waals surface area contributed by atoms with Crippen LogP contribution >= 0.6 is 23.2 Å². The predicted molar refractivity (Wildman–Crippen MR) is 74.3 cm³/mol. The summed E-state index contributed by atoms with van der Waals surface area (Å²) >= 11 is 11.8. The fourth-order valence-electron chi connectivity index (χ4n) is 1.63. The van der Waals surface area contributed by atoms with Gasteiger partial charge in [-0.3, -0.25) is 4.79 Å². The van der Waals surface area contributed by atoms with Crippen LogP contribution in [-0.4, -0.2) is 34.6 Å². The highest BCUT2D eigenvalue weighted by molar-refractivity contribution is 6.36. The third kappa shape index (κ3) is 4.16. The van der Waals surface area contributed by atoms with Gasteiger partial charge in [-0.2, -0.15) is 0 Å². The lowest BCUT2D eigenvalue weighted by Crippen LogP contribution is -2.42. The highest BCUT2D eigenvalue weighted by Gasteiger charge is 2.23. The molecule has 0 bridgehead atoms. The van der Waals surface area contributed by atoms with Gasteiger partial charge in [0.2, 0.25) is 0 Å². The highest BCUT2D eigenvalue weighted by atomic mass is 35.5. The molecule has 0 radical (unpaired) electrons. The molecule has 0 aliphatic carbocycles. The van der Waals surface area contributed by atoms with Crippen molar-refractivity contribution in [1.29, 1.82) is 0 Å². The van der Waals surface area contributed by atoms with Crippen molar-refractivity contribution in [2.45, 2.75) is 26.4 Å². The molecule has 0 aliphatic rings. The first-order valence-electron chi connectivity index (χ1n) is 5.71. The summed E-state index contributed by atoms with van der Waals surface area (Å²) in [5.74, 6) is -0.207. The summed E-state index contributed by atoms with van der Waals surface area (Å²) in [6, 6.07) is 4.76. The molecule has 1 N–H and O–H groups in total. The standard InChI is InChI=1S/C13H17Cl2NO2/c1-4-16(8-13(2,3)18)12(17)10-6-5-9(14)7-11(10)15/h5-7,18H,4,8H2,1-3H3. The third-order valence-corrected chi connectivity index (χ3v) is 2.96. The Kier molecular flexibility index (Phi) is 5.02. The van der Waals surface area contributed by atoms with Gasteiger partial charge in [-0.05, 0) is 39.0 Å². The fraction of sp³-hybridized carbons (Fsp3) is 0.462. The largest absolute Gasteiger partial charge is 0.389 e. The van der Waals surface area contributed by atoms with Crippen LogP contribution in [0.1, 0.15) is 31.1 Å². The molecular formula is C13H17Cl2NO2. The van der Waals surface area contributed by atoms with Crippen molar-refractivity contribution in [3.63, 3.8) is 0 Å². The summed E-state index contributed by atoms with van der Waals surface area (Å²) in [6.45, 7) is 5.93. The molecule has 18 heavy (non-hydrogen) atoms. The summed E-state index contributed by atoms with van der Waals surface area (Å²) in [5.41, 5.74) is -0.544. The molecule has 1 aromatic rings. The van der Waals surface area contributed by atoms with E-state index in [0.29, 0.717) is 22.2 Å². The van der Waals surface area contributed by atoms with Crippen molar-refractivity contribution in [2.24, 2.45) is 0 Å². The first-order chi connectivity index (χ1) is 8.24. The lowest BCUT2D eigenvalue weighted by atomic mass is 10.1. The van der Waals surface area contributed by atoms with Gasteiger partial charge >= 0.3 is 0 Å². The lowest BCUT2D eigenvalue weighted by Gasteiger charge is -2.28. The molecule has 0 heterocycles. The molecule has 0 aromatic heterocycles. The van der Waals surface area contributed by atoms with Crippen molar-refractivity contribution in [3.05, 3.63) is 33.8 Å². The normalized spacial score (nSPS) is 11.4. The molecule has 0 saturated heterocycles. The summed E-state index contributed by atoms with van der Waals surface area (Å²) in [7, 11) is 0. The Balaban J connectivity index is 2.97. The first-order valence-corrected chi connectivity index (χ1v) is 6.47. The number of carbonyl (C=O) groups is 1. The van der Waals surface area contributed by atoms with E-state index in [4.69, 9.17) is 23.2 Å². The topological polar surface area (TPSA) is 40.5 Å². The maximum absolute atomic E-state index is 12.3. The van der Waals surface area contributed by atoms with Crippen molar-refractivity contribution in [3.8, 4) is 0 Å². The number of likely N-dealkylation sites (N-methyl/N-ethyl adjacent to an activating group) is 1. The molecule has 0 spiro atoms. The number of nitrogens with zero attached hydrogens (tertiary/aromatic N) is 1. The zero-order chi connectivity index (χ0) is 13.9. The molecule has 0 saturated carbocycles. The van der Waals surface area contributed by atoms with Gasteiger partial charge in [0, 0.05) is 18.1 Å². The first kappa shape index (κ1) is 15.3. The van der Waals surface area contributed by atoms with E-state index in [-0.39, 0.29) is 12.5 Å². The van der Waals surface area contributed by atoms with E-state index in [2.05, 4.69) is 0 Å². The average molecular weight is 290 g/mol. The molecule has 1 amide bonds. The summed E-state index contributed by atoms with van der Waals surface area (Å²) in [5, 5.41) is 10.6. The Labute approximate surface area is 117 Å². The van der Waals surface area contributed by atoms with Crippen molar-refractivity contribution < 1.29 is 9.90 Å². The van der Waals surface area contributed by atoms with Crippen LogP contribution in [0.4, 0.5) is 0 Å². The van der Waals surface area contributed by atoms with Crippen LogP contribution < -0.4 is 0 Å². The van der Waals surface area contributed by atoms with Crippen molar-refractivity contribution in [1.82, 2.24) is 4.90 Å². The Morgan fingerprint density at radius 1 is 1.39 bits per heavy atom. The van der Waals surface area contributed by atoms with Crippen LogP contribution in [0, 0.1) is 0 Å². The minimum atomic E-state index is -0.940. The zero-order valence-electron chi connectivity index (χ0n) is 10.7. The fourth-order valence-corrected chi connectivity index (χ4v) is 2.12. The van der Waals surface area contributed by atoms with Crippen LogP contribution in [0.25, 0.3) is 0 Å². The number of amides is 1. The van der Waals surface area contributed by atoms with E-state index >= 15 is 0 Å². The monoisotopic (exact) mass is 289 g/mol. The minimum absolute atomic E-state index is 0.207. The Morgan fingerprint density at radius 2 is 2.00 bits per heavy atom. The molecular weight excluding hydrogens is 273 g/mol. The molecule has 1 rings (SSSR count). The van der Waals surface area contributed by atoms with Crippen LogP contribution in [-0.2, 0) is 0 Å². The Morgan fingerprint density at radius 3 is 2.44 bits per heavy atom. The van der Waals surface area contributed by atoms with Gasteiger partial charge < -0.3 is 10.0 Å². The SMILES string of the molecule is CCN(CC(C)(C)O)C(=O)c1ccc(Cl)cc1Cl. The van der Waals surface area contributed by atoms with Crippen LogP contribution in [0.2, 0.25) is 10.0 Å². The van der Waals surface area contributed by atoms with Crippen LogP contribution in [0.3, 0.4) is 0 Å². The maximum Gasteiger partial charge on any atom is 0.255 e. The van der Waals surface area contributed by atoms with Gasteiger partial charge in [0.25, 0.3) is 5.91 Å². The number of aliphatic hydroxyl groups is 1. The molecule has 0 aliphatic heterocycles. The predicted octanol–water partition coefficient (Wildman–Crippen LogP) is 3.23. The van der Waals surface area contributed by atoms with E-state index in [1.807, 2.05) is 6.92 Å². The number of rotatable bonds is 4. The van der Waals surface area contributed by atoms with Gasteiger partial charge in [-0.25, -0.2) is 0 Å². The Bertz CT molecular complexity index is 441. The van der Waals surface area contributed by atoms with E-state index < -0.39 is 5.60 Å². The smallest absolute Gasteiger partial charge is 0.255 e. The molecule has 3 nitrogen and oxygen atoms in total. The second-order valence-corrected chi connectivity index (χ2v) is 5.60. The molecule has 1 aromatic carbocycles. The number of hydrogen-bond donors (Lipinski definition) is 1. The summed E-state index contributed by atoms with van der Waals surface area (Å²) in [6.07, 6.45) is 0. The average Bonchev–Trinajstić information content (AvgIpc) is 2.24. The molecule has 100 valence electrons. The van der Waals surface area contributed by atoms with Gasteiger partial charge in [0.05, 0.1) is 16.2 Å². The van der Waals surface area contributed by atoms with E-state index in [1.54, 1.807) is 30.9 Å². The van der Waals surface area contributed by atoms with E-state index in [0.717, 1.165) is 0 Å². The lowest BCUT2D eigenvalue weighted by molar-refractivity contribution is 0.0315. The number of benzene rings is 1. The number of hydrogen-bond acceptors (Lipinski definition) is 2. The molecule has 0 atom stereocenters. The third-order valence-electron chi connectivity index (χ3n) is 2.41. The molecule has 0 fully saturated rings. The van der Waals surface area contributed by atoms with Gasteiger partial charge in [0.1, 0.15) is 0 Å². The summed E-state index contributed by atoms with van der Waals surface area (Å²) in [4.78, 5) is 13.8. The second kappa shape index (κ2) is 5.91. The highest BCUT2D eigenvalue weighted by Crippen LogP contribution is 2.22. The molecule has 5 heteroatoms. The Hall–Kier alpha value is -0.770.